The third kappa shape index (κ3) is 4.43. The molecule has 10 heteroatoms. The lowest BCUT2D eigenvalue weighted by Gasteiger charge is -2.16. The number of amides is 2. The van der Waals surface area contributed by atoms with Gasteiger partial charge < -0.3 is 14.0 Å². The summed E-state index contributed by atoms with van der Waals surface area (Å²) in [6.07, 6.45) is 3.22. The molecular formula is C26H20N4O6. The van der Waals surface area contributed by atoms with Gasteiger partial charge in [0.1, 0.15) is 11.3 Å². The first-order valence-corrected chi connectivity index (χ1v) is 11.2. The highest BCUT2D eigenvalue weighted by atomic mass is 16.6. The Morgan fingerprint density at radius 3 is 2.50 bits per heavy atom. The van der Waals surface area contributed by atoms with E-state index in [-0.39, 0.29) is 36.4 Å². The number of fused-ring (bicyclic) bond motifs is 1. The lowest BCUT2D eigenvalue weighted by molar-refractivity contribution is 0.0425. The van der Waals surface area contributed by atoms with Gasteiger partial charge in [-0.2, -0.15) is 4.98 Å². The van der Waals surface area contributed by atoms with Crippen molar-refractivity contribution < 1.29 is 28.4 Å². The Bertz CT molecular complexity index is 1410. The van der Waals surface area contributed by atoms with Crippen molar-refractivity contribution >= 4 is 17.8 Å². The average molecular weight is 484 g/mol. The fourth-order valence-corrected chi connectivity index (χ4v) is 3.81. The Morgan fingerprint density at radius 2 is 1.81 bits per heavy atom. The van der Waals surface area contributed by atoms with E-state index in [1.807, 2.05) is 0 Å². The smallest absolute Gasteiger partial charge is 0.342 e. The van der Waals surface area contributed by atoms with Crippen molar-refractivity contribution in [1.82, 2.24) is 20.0 Å². The van der Waals surface area contributed by atoms with Crippen molar-refractivity contribution in [1.29, 1.82) is 0 Å². The number of nitrogens with zero attached hydrogens (tertiary/aromatic N) is 4. The van der Waals surface area contributed by atoms with E-state index in [9.17, 15) is 14.4 Å². The third-order valence-electron chi connectivity index (χ3n) is 5.50. The molecule has 0 atom stereocenters. The Hall–Kier alpha value is -4.86. The zero-order valence-electron chi connectivity index (χ0n) is 19.2. The molecule has 36 heavy (non-hydrogen) atoms. The highest BCUT2D eigenvalue weighted by molar-refractivity contribution is 6.21. The molecule has 0 saturated heterocycles. The molecule has 0 radical (unpaired) electrons. The van der Waals surface area contributed by atoms with Gasteiger partial charge >= 0.3 is 5.97 Å². The van der Waals surface area contributed by atoms with E-state index < -0.39 is 5.97 Å². The number of hydrogen-bond acceptors (Lipinski definition) is 9. The summed E-state index contributed by atoms with van der Waals surface area (Å²) >= 11 is 0. The molecule has 0 unspecified atom stereocenters. The summed E-state index contributed by atoms with van der Waals surface area (Å²) in [5.41, 5.74) is 2.10. The molecule has 0 spiro atoms. The van der Waals surface area contributed by atoms with Gasteiger partial charge in [0.05, 0.1) is 24.3 Å². The lowest BCUT2D eigenvalue weighted by atomic mass is 10.1. The molecule has 5 rings (SSSR count). The van der Waals surface area contributed by atoms with Crippen LogP contribution >= 0.6 is 0 Å². The molecule has 2 amide bonds. The van der Waals surface area contributed by atoms with Crippen molar-refractivity contribution in [2.24, 2.45) is 0 Å². The molecule has 0 saturated carbocycles. The van der Waals surface area contributed by atoms with Gasteiger partial charge in [-0.25, -0.2) is 4.79 Å². The predicted octanol–water partition coefficient (Wildman–Crippen LogP) is 3.68. The molecule has 3 heterocycles. The maximum absolute atomic E-state index is 12.9. The van der Waals surface area contributed by atoms with Crippen LogP contribution in [0.5, 0.6) is 5.75 Å². The van der Waals surface area contributed by atoms with E-state index in [0.29, 0.717) is 40.4 Å². The van der Waals surface area contributed by atoms with Crippen LogP contribution in [0.4, 0.5) is 0 Å². The van der Waals surface area contributed by atoms with Gasteiger partial charge in [0.2, 0.25) is 5.82 Å². The lowest BCUT2D eigenvalue weighted by Crippen LogP contribution is -2.29. The zero-order valence-corrected chi connectivity index (χ0v) is 19.2. The second-order valence-corrected chi connectivity index (χ2v) is 7.84. The molecule has 1 aliphatic heterocycles. The second-order valence-electron chi connectivity index (χ2n) is 7.84. The number of carbonyl (C=O) groups excluding carboxylic acids is 3. The molecule has 10 nitrogen and oxygen atoms in total. The van der Waals surface area contributed by atoms with E-state index in [4.69, 9.17) is 14.0 Å². The summed E-state index contributed by atoms with van der Waals surface area (Å²) in [5.74, 6) is -0.683. The molecule has 0 N–H and O–H groups in total. The second kappa shape index (κ2) is 9.79. The minimum Gasteiger partial charge on any atom is -0.493 e. The molecule has 0 fully saturated rings. The molecule has 0 aliphatic carbocycles. The molecule has 2 aromatic heterocycles. The van der Waals surface area contributed by atoms with E-state index in [1.165, 1.54) is 0 Å². The minimum absolute atomic E-state index is 0.00282. The summed E-state index contributed by atoms with van der Waals surface area (Å²) in [7, 11) is 0. The number of esters is 1. The SMILES string of the molecule is CCOc1ccc(CN2C(=O)c3ccccc3C2=O)cc1C(=O)OCc1nc(-c2cccnc2)no1. The number of imide groups is 1. The number of benzene rings is 2. The van der Waals surface area contributed by atoms with Crippen LogP contribution in [0.2, 0.25) is 0 Å². The highest BCUT2D eigenvalue weighted by Gasteiger charge is 2.35. The highest BCUT2D eigenvalue weighted by Crippen LogP contribution is 2.27. The van der Waals surface area contributed by atoms with Crippen molar-refractivity contribution in [3.8, 4) is 17.1 Å². The van der Waals surface area contributed by atoms with Gasteiger partial charge in [0.25, 0.3) is 17.7 Å². The summed E-state index contributed by atoms with van der Waals surface area (Å²) < 4.78 is 16.1. The molecule has 1 aliphatic rings. The van der Waals surface area contributed by atoms with Crippen LogP contribution in [-0.2, 0) is 17.9 Å². The standard InChI is InChI=1S/C26H20N4O6/c1-2-34-21-10-9-16(14-30-24(31)18-7-3-4-8-19(18)25(30)32)12-20(21)26(33)35-15-22-28-23(29-36-22)17-6-5-11-27-13-17/h3-13H,2,14-15H2,1H3. The van der Waals surface area contributed by atoms with Crippen molar-refractivity contribution in [3.05, 3.63) is 95.1 Å². The van der Waals surface area contributed by atoms with Crippen molar-refractivity contribution in [2.75, 3.05) is 6.61 Å². The first-order valence-electron chi connectivity index (χ1n) is 11.2. The normalized spacial score (nSPS) is 12.5. The van der Waals surface area contributed by atoms with E-state index in [1.54, 1.807) is 73.9 Å². The Balaban J connectivity index is 1.32. The van der Waals surface area contributed by atoms with Gasteiger partial charge in [-0.3, -0.25) is 19.5 Å². The van der Waals surface area contributed by atoms with E-state index >= 15 is 0 Å². The average Bonchev–Trinajstić information content (AvgIpc) is 3.48. The monoisotopic (exact) mass is 484 g/mol. The number of rotatable bonds is 8. The maximum Gasteiger partial charge on any atom is 0.342 e. The number of aromatic nitrogens is 3. The third-order valence-corrected chi connectivity index (χ3v) is 5.50. The van der Waals surface area contributed by atoms with Crippen LogP contribution in [0.3, 0.4) is 0 Å². The summed E-state index contributed by atoms with van der Waals surface area (Å²) in [6.45, 7) is 1.87. The molecule has 0 bridgehead atoms. The quantitative estimate of drug-likeness (QED) is 0.272. The van der Waals surface area contributed by atoms with Crippen molar-refractivity contribution in [3.63, 3.8) is 0 Å². The minimum atomic E-state index is -0.677. The topological polar surface area (TPSA) is 125 Å². The first-order chi connectivity index (χ1) is 17.5. The van der Waals surface area contributed by atoms with Gasteiger partial charge in [0.15, 0.2) is 6.61 Å². The van der Waals surface area contributed by atoms with Crippen molar-refractivity contribution in [2.45, 2.75) is 20.1 Å². The van der Waals surface area contributed by atoms with Gasteiger partial charge in [0, 0.05) is 18.0 Å². The van der Waals surface area contributed by atoms with E-state index in [0.717, 1.165) is 4.90 Å². The predicted molar refractivity (Wildman–Crippen MR) is 125 cm³/mol. The van der Waals surface area contributed by atoms with E-state index in [2.05, 4.69) is 15.1 Å². The molecule has 180 valence electrons. The van der Waals surface area contributed by atoms with Crippen LogP contribution in [0.25, 0.3) is 11.4 Å². The first kappa shape index (κ1) is 22.9. The molecule has 2 aromatic carbocycles. The fraction of sp³-hybridized carbons (Fsp3) is 0.154. The maximum atomic E-state index is 12.9. The van der Waals surface area contributed by atoms with Crippen LogP contribution in [0.15, 0.2) is 71.5 Å². The Labute approximate surface area is 205 Å². The van der Waals surface area contributed by atoms with Crippen LogP contribution in [0, 0.1) is 0 Å². The Morgan fingerprint density at radius 1 is 1.03 bits per heavy atom. The van der Waals surface area contributed by atoms with Gasteiger partial charge in [-0.15, -0.1) is 0 Å². The van der Waals surface area contributed by atoms with Crippen LogP contribution in [-0.4, -0.2) is 44.4 Å². The Kier molecular flexibility index (Phi) is 6.23. The summed E-state index contributed by atoms with van der Waals surface area (Å²) in [5, 5.41) is 3.88. The fourth-order valence-electron chi connectivity index (χ4n) is 3.81. The van der Waals surface area contributed by atoms with Gasteiger partial charge in [-0.1, -0.05) is 23.4 Å². The van der Waals surface area contributed by atoms with Crippen LogP contribution < -0.4 is 4.74 Å². The number of ether oxygens (including phenoxy) is 2. The largest absolute Gasteiger partial charge is 0.493 e. The summed E-state index contributed by atoms with van der Waals surface area (Å²) in [6, 6.07) is 15.0. The molecule has 4 aromatic rings. The molecular weight excluding hydrogens is 464 g/mol. The van der Waals surface area contributed by atoms with Crippen LogP contribution in [0.1, 0.15) is 49.5 Å². The zero-order chi connectivity index (χ0) is 25.1. The van der Waals surface area contributed by atoms with Gasteiger partial charge in [-0.05, 0) is 48.9 Å². The number of carbonyl (C=O) groups is 3. The number of hydrogen-bond donors (Lipinski definition) is 0. The number of pyridine rings is 1. The summed E-state index contributed by atoms with van der Waals surface area (Å²) in [4.78, 5) is 47.8.